The summed E-state index contributed by atoms with van der Waals surface area (Å²) in [6.45, 7) is 1.34. The van der Waals surface area contributed by atoms with E-state index < -0.39 is 18.1 Å². The van der Waals surface area contributed by atoms with Crippen LogP contribution in [-0.4, -0.2) is 30.3 Å². The molecule has 2 atom stereocenters. The molecule has 0 aliphatic rings. The van der Waals surface area contributed by atoms with Crippen LogP contribution in [0.4, 0.5) is 0 Å². The van der Waals surface area contributed by atoms with Crippen molar-refractivity contribution in [1.82, 2.24) is 0 Å². The normalized spacial score (nSPS) is 14.5. The highest BCUT2D eigenvalue weighted by molar-refractivity contribution is 5.76. The van der Waals surface area contributed by atoms with Crippen molar-refractivity contribution in [2.75, 3.05) is 7.11 Å². The van der Waals surface area contributed by atoms with Crippen LogP contribution in [0.5, 0.6) is 0 Å². The van der Waals surface area contributed by atoms with E-state index >= 15 is 0 Å². The molecule has 0 aliphatic heterocycles. The lowest BCUT2D eigenvalue weighted by Crippen LogP contribution is -2.30. The molecule has 0 unspecified atom stereocenters. The van der Waals surface area contributed by atoms with Gasteiger partial charge in [-0.2, -0.15) is 0 Å². The fourth-order valence-electron chi connectivity index (χ4n) is 0.517. The maximum atomic E-state index is 10.7. The van der Waals surface area contributed by atoms with Gasteiger partial charge < -0.3 is 9.84 Å². The van der Waals surface area contributed by atoms with Crippen LogP contribution in [0.1, 0.15) is 6.92 Å². The number of aliphatic hydroxyl groups is 1. The molecule has 62 valence electrons. The van der Waals surface area contributed by atoms with E-state index in [1.165, 1.54) is 6.92 Å². The topological polar surface area (TPSA) is 95.3 Å². The first-order chi connectivity index (χ1) is 5.13. The molecule has 0 saturated heterocycles. The summed E-state index contributed by atoms with van der Waals surface area (Å²) in [7, 11) is 1.16. The molecule has 0 aromatic carbocycles. The number of rotatable bonds is 3. The average Bonchev–Trinajstić information content (AvgIpc) is 1.98. The molecule has 0 bridgehead atoms. The number of carbonyl (C=O) groups excluding carboxylic acids is 1. The number of ether oxygens (including phenoxy) is 1. The lowest BCUT2D eigenvalue weighted by molar-refractivity contribution is -0.144. The van der Waals surface area contributed by atoms with E-state index in [2.05, 4.69) is 14.8 Å². The maximum absolute atomic E-state index is 10.7. The summed E-state index contributed by atoms with van der Waals surface area (Å²) in [4.78, 5) is 13.1. The molecule has 0 spiro atoms. The molecule has 0 amide bonds. The van der Waals surface area contributed by atoms with Gasteiger partial charge in [0.25, 0.3) is 0 Å². The van der Waals surface area contributed by atoms with Gasteiger partial charge >= 0.3 is 5.97 Å². The molecule has 0 saturated carbocycles. The molecule has 11 heavy (non-hydrogen) atoms. The first kappa shape index (κ1) is 9.74. The monoisotopic (exact) mass is 159 g/mol. The van der Waals surface area contributed by atoms with Gasteiger partial charge in [-0.25, -0.2) is 0 Å². The van der Waals surface area contributed by atoms with E-state index in [0.717, 1.165) is 7.11 Å². The van der Waals surface area contributed by atoms with Crippen molar-refractivity contribution in [1.29, 1.82) is 0 Å². The van der Waals surface area contributed by atoms with Gasteiger partial charge in [-0.05, 0) is 12.5 Å². The van der Waals surface area contributed by atoms with E-state index in [-0.39, 0.29) is 0 Å². The molecule has 0 radical (unpaired) electrons. The van der Waals surface area contributed by atoms with Crippen molar-refractivity contribution in [3.8, 4) is 0 Å². The Kier molecular flexibility index (Phi) is 4.02. The molecule has 0 rings (SSSR count). The molecule has 0 aromatic heterocycles. The summed E-state index contributed by atoms with van der Waals surface area (Å²) >= 11 is 0. The zero-order chi connectivity index (χ0) is 8.85. The highest BCUT2D eigenvalue weighted by Crippen LogP contribution is 2.00. The smallest absolute Gasteiger partial charge is 0.317 e. The third-order valence-electron chi connectivity index (χ3n) is 1.08. The van der Waals surface area contributed by atoms with Crippen LogP contribution in [0.25, 0.3) is 10.4 Å². The predicted molar refractivity (Wildman–Crippen MR) is 36.6 cm³/mol. The number of methoxy groups -OCH3 is 1. The van der Waals surface area contributed by atoms with Crippen molar-refractivity contribution < 1.29 is 14.6 Å². The second kappa shape index (κ2) is 4.54. The van der Waals surface area contributed by atoms with Gasteiger partial charge in [0.15, 0.2) is 6.04 Å². The van der Waals surface area contributed by atoms with Crippen LogP contribution >= 0.6 is 0 Å². The Hall–Kier alpha value is -1.26. The summed E-state index contributed by atoms with van der Waals surface area (Å²) in [6, 6.07) is -1.15. The molecule has 6 nitrogen and oxygen atoms in total. The van der Waals surface area contributed by atoms with Crippen LogP contribution in [0, 0.1) is 0 Å². The van der Waals surface area contributed by atoms with Gasteiger partial charge in [0.1, 0.15) is 0 Å². The third kappa shape index (κ3) is 2.88. The Balaban J connectivity index is 4.33. The number of nitrogens with zero attached hydrogens (tertiary/aromatic N) is 3. The van der Waals surface area contributed by atoms with Crippen LogP contribution in [0.2, 0.25) is 0 Å². The number of carbonyl (C=O) groups is 1. The SMILES string of the molecule is COC(=O)[C@H](N=[N+]=[N-])[C@@H](C)O. The minimum absolute atomic E-state index is 0.738. The molecule has 6 heteroatoms. The Morgan fingerprint density at radius 2 is 2.36 bits per heavy atom. The average molecular weight is 159 g/mol. The quantitative estimate of drug-likeness (QED) is 0.276. The van der Waals surface area contributed by atoms with E-state index in [0.29, 0.717) is 0 Å². The number of azide groups is 1. The van der Waals surface area contributed by atoms with E-state index in [9.17, 15) is 4.79 Å². The summed E-state index contributed by atoms with van der Waals surface area (Å²) in [5.41, 5.74) is 7.97. The van der Waals surface area contributed by atoms with Gasteiger partial charge in [-0.15, -0.1) is 0 Å². The second-order valence-corrected chi connectivity index (χ2v) is 1.91. The Morgan fingerprint density at radius 1 is 1.82 bits per heavy atom. The Labute approximate surface area is 63.4 Å². The van der Waals surface area contributed by atoms with Crippen LogP contribution < -0.4 is 0 Å². The molecule has 0 heterocycles. The van der Waals surface area contributed by atoms with Gasteiger partial charge in [0.05, 0.1) is 13.2 Å². The highest BCUT2D eigenvalue weighted by atomic mass is 16.5. The van der Waals surface area contributed by atoms with Crippen molar-refractivity contribution in [2.45, 2.75) is 19.1 Å². The van der Waals surface area contributed by atoms with Crippen molar-refractivity contribution in [3.63, 3.8) is 0 Å². The molecule has 1 N–H and O–H groups in total. The summed E-state index contributed by atoms with van der Waals surface area (Å²) in [5, 5.41) is 11.9. The van der Waals surface area contributed by atoms with Crippen molar-refractivity contribution >= 4 is 5.97 Å². The molecular formula is C5H9N3O3. The zero-order valence-corrected chi connectivity index (χ0v) is 6.26. The third-order valence-corrected chi connectivity index (χ3v) is 1.08. The lowest BCUT2D eigenvalue weighted by atomic mass is 10.2. The van der Waals surface area contributed by atoms with Gasteiger partial charge in [-0.1, -0.05) is 5.11 Å². The van der Waals surface area contributed by atoms with E-state index in [1.807, 2.05) is 0 Å². The fourth-order valence-corrected chi connectivity index (χ4v) is 0.517. The maximum Gasteiger partial charge on any atom is 0.317 e. The van der Waals surface area contributed by atoms with Crippen LogP contribution in [-0.2, 0) is 9.53 Å². The number of aliphatic hydroxyl groups excluding tert-OH is 1. The largest absolute Gasteiger partial charge is 0.469 e. The van der Waals surface area contributed by atoms with Gasteiger partial charge in [0, 0.05) is 4.91 Å². The summed E-state index contributed by atoms with van der Waals surface area (Å²) in [5.74, 6) is -0.738. The van der Waals surface area contributed by atoms with Gasteiger partial charge in [0.2, 0.25) is 0 Å². The first-order valence-electron chi connectivity index (χ1n) is 2.93. The summed E-state index contributed by atoms with van der Waals surface area (Å²) < 4.78 is 4.26. The Bertz CT molecular complexity index is 185. The predicted octanol–water partition coefficient (Wildman–Crippen LogP) is 0.219. The molecule has 0 fully saturated rings. The molecule has 0 aromatic rings. The standard InChI is InChI=1S/C5H9N3O3/c1-3(9)4(7-8-6)5(10)11-2/h3-4,9H,1-2H3/t3-,4-/m1/s1. The van der Waals surface area contributed by atoms with Crippen LogP contribution in [0.15, 0.2) is 5.11 Å². The fraction of sp³-hybridized carbons (Fsp3) is 0.800. The second-order valence-electron chi connectivity index (χ2n) is 1.91. The summed E-state index contributed by atoms with van der Waals surface area (Å²) in [6.07, 6.45) is -1.03. The number of hydrogen-bond acceptors (Lipinski definition) is 4. The minimum atomic E-state index is -1.15. The minimum Gasteiger partial charge on any atom is -0.469 e. The first-order valence-corrected chi connectivity index (χ1v) is 2.93. The lowest BCUT2D eigenvalue weighted by Gasteiger charge is -2.10. The van der Waals surface area contributed by atoms with Crippen molar-refractivity contribution in [2.24, 2.45) is 5.11 Å². The number of esters is 1. The molecular weight excluding hydrogens is 150 g/mol. The zero-order valence-electron chi connectivity index (χ0n) is 6.26. The van der Waals surface area contributed by atoms with Crippen molar-refractivity contribution in [3.05, 3.63) is 10.4 Å². The van der Waals surface area contributed by atoms with Gasteiger partial charge in [-0.3, -0.25) is 4.79 Å². The highest BCUT2D eigenvalue weighted by Gasteiger charge is 2.22. The Morgan fingerprint density at radius 3 is 2.64 bits per heavy atom. The van der Waals surface area contributed by atoms with E-state index in [1.54, 1.807) is 0 Å². The van der Waals surface area contributed by atoms with E-state index in [4.69, 9.17) is 10.6 Å². The number of hydrogen-bond donors (Lipinski definition) is 1. The van der Waals surface area contributed by atoms with Crippen LogP contribution in [0.3, 0.4) is 0 Å². The molecule has 0 aliphatic carbocycles.